The number of anilines is 1. The summed E-state index contributed by atoms with van der Waals surface area (Å²) < 4.78 is 64.2. The molecule has 0 aromatic heterocycles. The van der Waals surface area contributed by atoms with Crippen molar-refractivity contribution in [3.63, 3.8) is 0 Å². The van der Waals surface area contributed by atoms with Crippen molar-refractivity contribution in [2.45, 2.75) is 6.18 Å². The second-order valence-electron chi connectivity index (χ2n) is 3.43. The molecule has 5 nitrogen and oxygen atoms in total. The van der Waals surface area contributed by atoms with Crippen LogP contribution < -0.4 is 15.2 Å². The van der Waals surface area contributed by atoms with Crippen LogP contribution in [0.1, 0.15) is 11.1 Å². The standard InChI is InChI=1S/C9H10F3N3O2S2/c1-14-19(16,17)15-7-3-2-5(9(10,11)12)4-6(7)8(13)18/h2-4,14-15H,1H3,(H2,13,18). The highest BCUT2D eigenvalue weighted by Crippen LogP contribution is 2.32. The van der Waals surface area contributed by atoms with Gasteiger partial charge in [0.15, 0.2) is 0 Å². The Bertz CT molecular complexity index is 599. The average Bonchev–Trinajstić information content (AvgIpc) is 2.27. The molecule has 0 aliphatic heterocycles. The number of rotatable bonds is 4. The monoisotopic (exact) mass is 313 g/mol. The summed E-state index contributed by atoms with van der Waals surface area (Å²) in [7, 11) is -2.73. The molecular formula is C9H10F3N3O2S2. The number of benzene rings is 1. The van der Waals surface area contributed by atoms with Crippen molar-refractivity contribution in [1.82, 2.24) is 4.72 Å². The van der Waals surface area contributed by atoms with E-state index in [0.29, 0.717) is 6.07 Å². The van der Waals surface area contributed by atoms with Gasteiger partial charge in [-0.05, 0) is 18.2 Å². The molecule has 1 aromatic rings. The summed E-state index contributed by atoms with van der Waals surface area (Å²) in [5.74, 6) is 0. The van der Waals surface area contributed by atoms with Crippen LogP contribution in [0.2, 0.25) is 0 Å². The van der Waals surface area contributed by atoms with Crippen LogP contribution in [-0.4, -0.2) is 20.5 Å². The molecule has 0 saturated carbocycles. The van der Waals surface area contributed by atoms with Crippen LogP contribution in [0, 0.1) is 0 Å². The van der Waals surface area contributed by atoms with Crippen molar-refractivity contribution in [3.05, 3.63) is 29.3 Å². The van der Waals surface area contributed by atoms with Crippen molar-refractivity contribution in [3.8, 4) is 0 Å². The molecule has 0 saturated heterocycles. The van der Waals surface area contributed by atoms with Crippen LogP contribution in [0.3, 0.4) is 0 Å². The summed E-state index contributed by atoms with van der Waals surface area (Å²) in [5, 5.41) is 0. The Morgan fingerprint density at radius 3 is 2.37 bits per heavy atom. The first-order chi connectivity index (χ1) is 8.57. The Balaban J connectivity index is 3.32. The maximum absolute atomic E-state index is 12.5. The summed E-state index contributed by atoms with van der Waals surface area (Å²) in [6.07, 6.45) is -4.57. The molecule has 0 unspecified atom stereocenters. The highest BCUT2D eigenvalue weighted by molar-refractivity contribution is 7.90. The van der Waals surface area contributed by atoms with Crippen LogP contribution in [0.4, 0.5) is 18.9 Å². The lowest BCUT2D eigenvalue weighted by atomic mass is 10.1. The highest BCUT2D eigenvalue weighted by Gasteiger charge is 2.31. The van der Waals surface area contributed by atoms with Gasteiger partial charge < -0.3 is 5.73 Å². The molecule has 0 aliphatic carbocycles. The van der Waals surface area contributed by atoms with E-state index in [9.17, 15) is 21.6 Å². The van der Waals surface area contributed by atoms with Gasteiger partial charge >= 0.3 is 6.18 Å². The van der Waals surface area contributed by atoms with E-state index in [4.69, 9.17) is 5.73 Å². The van der Waals surface area contributed by atoms with Gasteiger partial charge in [0.05, 0.1) is 11.3 Å². The van der Waals surface area contributed by atoms with E-state index in [-0.39, 0.29) is 16.2 Å². The summed E-state index contributed by atoms with van der Waals surface area (Å²) in [6, 6.07) is 2.37. The Morgan fingerprint density at radius 2 is 1.95 bits per heavy atom. The Labute approximate surface area is 113 Å². The normalized spacial score (nSPS) is 12.2. The van der Waals surface area contributed by atoms with E-state index in [2.05, 4.69) is 12.2 Å². The zero-order valence-electron chi connectivity index (χ0n) is 9.58. The van der Waals surface area contributed by atoms with E-state index in [1.54, 1.807) is 0 Å². The lowest BCUT2D eigenvalue weighted by Crippen LogP contribution is -2.28. The molecule has 1 aromatic carbocycles. The molecule has 4 N–H and O–H groups in total. The fraction of sp³-hybridized carbons (Fsp3) is 0.222. The second-order valence-corrected chi connectivity index (χ2v) is 5.49. The van der Waals surface area contributed by atoms with E-state index in [1.165, 1.54) is 0 Å². The molecule has 0 fully saturated rings. The lowest BCUT2D eigenvalue weighted by molar-refractivity contribution is -0.137. The van der Waals surface area contributed by atoms with E-state index < -0.39 is 21.9 Å². The number of nitrogens with one attached hydrogen (secondary N) is 2. The molecule has 0 amide bonds. The summed E-state index contributed by atoms with van der Waals surface area (Å²) >= 11 is 4.61. The van der Waals surface area contributed by atoms with Crippen molar-refractivity contribution in [1.29, 1.82) is 0 Å². The van der Waals surface area contributed by atoms with Crippen LogP contribution >= 0.6 is 12.2 Å². The van der Waals surface area contributed by atoms with Gasteiger partial charge in [-0.2, -0.15) is 21.6 Å². The summed E-state index contributed by atoms with van der Waals surface area (Å²) in [6.45, 7) is 0. The fourth-order valence-electron chi connectivity index (χ4n) is 1.21. The van der Waals surface area contributed by atoms with E-state index in [0.717, 1.165) is 19.2 Å². The van der Waals surface area contributed by atoms with Gasteiger partial charge in [-0.3, -0.25) is 4.72 Å². The summed E-state index contributed by atoms with van der Waals surface area (Å²) in [4.78, 5) is -0.347. The van der Waals surface area contributed by atoms with Crippen molar-refractivity contribution >= 4 is 33.1 Å². The number of hydrogen-bond donors (Lipinski definition) is 3. The third kappa shape index (κ3) is 4.04. The molecule has 19 heavy (non-hydrogen) atoms. The third-order valence-corrected chi connectivity index (χ3v) is 3.37. The van der Waals surface area contributed by atoms with E-state index in [1.807, 2.05) is 9.44 Å². The number of thiocarbonyl (C=S) groups is 1. The average molecular weight is 313 g/mol. The minimum absolute atomic E-state index is 0.130. The quantitative estimate of drug-likeness (QED) is 0.730. The van der Waals surface area contributed by atoms with Gasteiger partial charge in [0.25, 0.3) is 10.2 Å². The summed E-state index contributed by atoms with van der Waals surface area (Å²) in [5.41, 5.74) is 3.99. The first-order valence-electron chi connectivity index (χ1n) is 4.79. The molecule has 0 atom stereocenters. The van der Waals surface area contributed by atoms with Crippen LogP contribution in [0.25, 0.3) is 0 Å². The Kier molecular flexibility index (Phi) is 4.38. The maximum atomic E-state index is 12.5. The molecule has 0 aliphatic rings. The van der Waals surface area contributed by atoms with Crippen LogP contribution in [-0.2, 0) is 16.4 Å². The number of hydrogen-bond acceptors (Lipinski definition) is 3. The predicted octanol–water partition coefficient (Wildman–Crippen LogP) is 1.22. The molecule has 0 heterocycles. The number of nitrogens with two attached hydrogens (primary N) is 1. The van der Waals surface area contributed by atoms with Crippen LogP contribution in [0.15, 0.2) is 18.2 Å². The molecule has 0 radical (unpaired) electrons. The zero-order valence-corrected chi connectivity index (χ0v) is 11.2. The first-order valence-corrected chi connectivity index (χ1v) is 6.68. The van der Waals surface area contributed by atoms with Crippen molar-refractivity contribution in [2.75, 3.05) is 11.8 Å². The van der Waals surface area contributed by atoms with Crippen molar-refractivity contribution < 1.29 is 21.6 Å². The molecule has 0 spiro atoms. The molecule has 0 bridgehead atoms. The SMILES string of the molecule is CNS(=O)(=O)Nc1ccc(C(F)(F)F)cc1C(N)=S. The third-order valence-electron chi connectivity index (χ3n) is 2.13. The Morgan fingerprint density at radius 1 is 1.37 bits per heavy atom. The highest BCUT2D eigenvalue weighted by atomic mass is 32.2. The smallest absolute Gasteiger partial charge is 0.389 e. The Hall–Kier alpha value is -1.39. The second kappa shape index (κ2) is 5.31. The minimum Gasteiger partial charge on any atom is -0.389 e. The van der Waals surface area contributed by atoms with E-state index >= 15 is 0 Å². The van der Waals surface area contributed by atoms with Gasteiger partial charge in [0.2, 0.25) is 0 Å². The fourth-order valence-corrected chi connectivity index (χ4v) is 1.95. The topological polar surface area (TPSA) is 84.2 Å². The first kappa shape index (κ1) is 15.7. The van der Waals surface area contributed by atoms with Gasteiger partial charge in [-0.15, -0.1) is 0 Å². The van der Waals surface area contributed by atoms with Crippen LogP contribution in [0.5, 0.6) is 0 Å². The van der Waals surface area contributed by atoms with Gasteiger partial charge in [-0.25, -0.2) is 4.72 Å². The van der Waals surface area contributed by atoms with Gasteiger partial charge in [0.1, 0.15) is 4.99 Å². The maximum Gasteiger partial charge on any atom is 0.416 e. The molecule has 106 valence electrons. The molecule has 10 heteroatoms. The molecular weight excluding hydrogens is 303 g/mol. The molecule has 1 rings (SSSR count). The lowest BCUT2D eigenvalue weighted by Gasteiger charge is -2.14. The number of alkyl halides is 3. The van der Waals surface area contributed by atoms with Gasteiger partial charge in [0, 0.05) is 12.6 Å². The number of halogens is 3. The minimum atomic E-state index is -4.57. The predicted molar refractivity (Wildman–Crippen MR) is 68.9 cm³/mol. The largest absolute Gasteiger partial charge is 0.416 e. The van der Waals surface area contributed by atoms with Crippen molar-refractivity contribution in [2.24, 2.45) is 5.73 Å². The zero-order chi connectivity index (χ0) is 14.8. The van der Waals surface area contributed by atoms with Gasteiger partial charge in [-0.1, -0.05) is 12.2 Å².